The standard InChI is InChI=1S/C11H21N3O/c1-4-12-11(8-15)5-6-14-10(3)7-9(2)13-14/h7,11-12,15H,4-6,8H2,1-3H3. The van der Waals surface area contributed by atoms with E-state index in [4.69, 9.17) is 5.11 Å². The summed E-state index contributed by atoms with van der Waals surface area (Å²) in [6, 6.07) is 2.25. The van der Waals surface area contributed by atoms with Crippen LogP contribution in [0.4, 0.5) is 0 Å². The second kappa shape index (κ2) is 5.88. The SMILES string of the molecule is CCNC(CO)CCn1nc(C)cc1C. The minimum Gasteiger partial charge on any atom is -0.395 e. The van der Waals surface area contributed by atoms with Crippen LogP contribution in [0, 0.1) is 13.8 Å². The molecule has 0 aromatic carbocycles. The number of aryl methyl sites for hydroxylation is 3. The van der Waals surface area contributed by atoms with Gasteiger partial charge >= 0.3 is 0 Å². The number of hydrogen-bond acceptors (Lipinski definition) is 3. The first kappa shape index (κ1) is 12.2. The number of hydrogen-bond donors (Lipinski definition) is 2. The lowest BCUT2D eigenvalue weighted by Gasteiger charge is -2.15. The summed E-state index contributed by atoms with van der Waals surface area (Å²) in [6.07, 6.45) is 0.909. The Balaban J connectivity index is 2.44. The molecule has 1 atom stereocenters. The van der Waals surface area contributed by atoms with Crippen LogP contribution in [0.15, 0.2) is 6.07 Å². The molecule has 86 valence electrons. The van der Waals surface area contributed by atoms with Gasteiger partial charge in [0, 0.05) is 18.3 Å². The number of nitrogens with zero attached hydrogens (tertiary/aromatic N) is 2. The highest BCUT2D eigenvalue weighted by Gasteiger charge is 2.07. The van der Waals surface area contributed by atoms with Crippen molar-refractivity contribution in [3.63, 3.8) is 0 Å². The minimum atomic E-state index is 0.180. The third kappa shape index (κ3) is 3.64. The molecule has 15 heavy (non-hydrogen) atoms. The average molecular weight is 211 g/mol. The van der Waals surface area contributed by atoms with E-state index in [9.17, 15) is 0 Å². The van der Waals surface area contributed by atoms with Crippen LogP contribution in [0.5, 0.6) is 0 Å². The van der Waals surface area contributed by atoms with E-state index in [1.165, 1.54) is 5.69 Å². The monoisotopic (exact) mass is 211 g/mol. The van der Waals surface area contributed by atoms with Crippen LogP contribution in [-0.2, 0) is 6.54 Å². The zero-order valence-electron chi connectivity index (χ0n) is 9.82. The smallest absolute Gasteiger partial charge is 0.0596 e. The first-order valence-electron chi connectivity index (χ1n) is 5.52. The predicted molar refractivity (Wildman–Crippen MR) is 60.9 cm³/mol. The van der Waals surface area contributed by atoms with Crippen LogP contribution in [-0.4, -0.2) is 34.1 Å². The van der Waals surface area contributed by atoms with Gasteiger partial charge in [0.05, 0.1) is 12.3 Å². The van der Waals surface area contributed by atoms with Crippen LogP contribution in [0.25, 0.3) is 0 Å². The molecular formula is C11H21N3O. The van der Waals surface area contributed by atoms with E-state index in [1.54, 1.807) is 0 Å². The van der Waals surface area contributed by atoms with Crippen molar-refractivity contribution in [1.82, 2.24) is 15.1 Å². The summed E-state index contributed by atoms with van der Waals surface area (Å²) >= 11 is 0. The third-order valence-electron chi connectivity index (χ3n) is 2.51. The van der Waals surface area contributed by atoms with E-state index >= 15 is 0 Å². The Hall–Kier alpha value is -0.870. The van der Waals surface area contributed by atoms with Gasteiger partial charge in [0.25, 0.3) is 0 Å². The molecule has 0 aliphatic heterocycles. The van der Waals surface area contributed by atoms with Gasteiger partial charge < -0.3 is 10.4 Å². The number of aromatic nitrogens is 2. The van der Waals surface area contributed by atoms with E-state index in [-0.39, 0.29) is 12.6 Å². The number of rotatable bonds is 6. The fraction of sp³-hybridized carbons (Fsp3) is 0.727. The Labute approximate surface area is 91.3 Å². The summed E-state index contributed by atoms with van der Waals surface area (Å²) in [5.74, 6) is 0. The average Bonchev–Trinajstić information content (AvgIpc) is 2.52. The zero-order valence-corrected chi connectivity index (χ0v) is 9.82. The summed E-state index contributed by atoms with van der Waals surface area (Å²) in [5.41, 5.74) is 2.23. The molecule has 4 heteroatoms. The van der Waals surface area contributed by atoms with Crippen molar-refractivity contribution in [3.8, 4) is 0 Å². The lowest BCUT2D eigenvalue weighted by molar-refractivity contribution is 0.231. The molecule has 0 amide bonds. The Morgan fingerprint density at radius 3 is 2.73 bits per heavy atom. The molecule has 0 aliphatic rings. The second-order valence-corrected chi connectivity index (χ2v) is 3.88. The molecule has 0 saturated carbocycles. The number of aliphatic hydroxyl groups excluding tert-OH is 1. The number of aliphatic hydroxyl groups is 1. The molecule has 0 saturated heterocycles. The lowest BCUT2D eigenvalue weighted by atomic mass is 10.2. The molecule has 2 N–H and O–H groups in total. The van der Waals surface area contributed by atoms with Gasteiger partial charge in [-0.05, 0) is 32.9 Å². The molecule has 1 rings (SSSR count). The van der Waals surface area contributed by atoms with Crippen molar-refractivity contribution in [2.45, 2.75) is 39.8 Å². The van der Waals surface area contributed by atoms with E-state index in [2.05, 4.69) is 23.4 Å². The van der Waals surface area contributed by atoms with Gasteiger partial charge in [-0.15, -0.1) is 0 Å². The van der Waals surface area contributed by atoms with Crippen LogP contribution in [0.3, 0.4) is 0 Å². The third-order valence-corrected chi connectivity index (χ3v) is 2.51. The van der Waals surface area contributed by atoms with Crippen molar-refractivity contribution in [1.29, 1.82) is 0 Å². The van der Waals surface area contributed by atoms with E-state index in [0.29, 0.717) is 0 Å². The van der Waals surface area contributed by atoms with Crippen LogP contribution in [0.1, 0.15) is 24.7 Å². The van der Waals surface area contributed by atoms with Gasteiger partial charge in [-0.1, -0.05) is 6.92 Å². The van der Waals surface area contributed by atoms with Gasteiger partial charge in [-0.25, -0.2) is 0 Å². The Morgan fingerprint density at radius 1 is 1.53 bits per heavy atom. The van der Waals surface area contributed by atoms with Gasteiger partial charge in [0.15, 0.2) is 0 Å². The molecule has 0 fully saturated rings. The normalized spacial score (nSPS) is 13.1. The van der Waals surface area contributed by atoms with Gasteiger partial charge in [-0.2, -0.15) is 5.10 Å². The maximum Gasteiger partial charge on any atom is 0.0596 e. The summed E-state index contributed by atoms with van der Waals surface area (Å²) in [5, 5.41) is 16.7. The highest BCUT2D eigenvalue weighted by atomic mass is 16.3. The molecule has 1 unspecified atom stereocenters. The molecule has 0 radical (unpaired) electrons. The van der Waals surface area contributed by atoms with E-state index < -0.39 is 0 Å². The van der Waals surface area contributed by atoms with E-state index in [1.807, 2.05) is 18.5 Å². The molecule has 0 spiro atoms. The summed E-state index contributed by atoms with van der Waals surface area (Å²) in [6.45, 7) is 8.04. The minimum absolute atomic E-state index is 0.180. The molecule has 1 aromatic rings. The van der Waals surface area contributed by atoms with Crippen LogP contribution in [0.2, 0.25) is 0 Å². The maximum atomic E-state index is 9.12. The van der Waals surface area contributed by atoms with Gasteiger partial charge in [-0.3, -0.25) is 4.68 Å². The fourth-order valence-electron chi connectivity index (χ4n) is 1.73. The summed E-state index contributed by atoms with van der Waals surface area (Å²) in [7, 11) is 0. The zero-order chi connectivity index (χ0) is 11.3. The lowest BCUT2D eigenvalue weighted by Crippen LogP contribution is -2.33. The highest BCUT2D eigenvalue weighted by molar-refractivity contribution is 5.06. The first-order valence-corrected chi connectivity index (χ1v) is 5.52. The fourth-order valence-corrected chi connectivity index (χ4v) is 1.73. The summed E-state index contributed by atoms with van der Waals surface area (Å²) < 4.78 is 2.00. The van der Waals surface area contributed by atoms with Crippen molar-refractivity contribution in [3.05, 3.63) is 17.5 Å². The molecular weight excluding hydrogens is 190 g/mol. The second-order valence-electron chi connectivity index (χ2n) is 3.88. The van der Waals surface area contributed by atoms with Crippen molar-refractivity contribution >= 4 is 0 Å². The van der Waals surface area contributed by atoms with Crippen LogP contribution < -0.4 is 5.32 Å². The largest absolute Gasteiger partial charge is 0.395 e. The topological polar surface area (TPSA) is 50.1 Å². The quantitative estimate of drug-likeness (QED) is 0.734. The Kier molecular flexibility index (Phi) is 4.78. The van der Waals surface area contributed by atoms with Crippen molar-refractivity contribution in [2.24, 2.45) is 0 Å². The molecule has 0 bridgehead atoms. The van der Waals surface area contributed by atoms with E-state index in [0.717, 1.165) is 25.2 Å². The molecule has 1 heterocycles. The van der Waals surface area contributed by atoms with Crippen LogP contribution >= 0.6 is 0 Å². The number of nitrogens with one attached hydrogen (secondary N) is 1. The molecule has 1 aromatic heterocycles. The van der Waals surface area contributed by atoms with Crippen molar-refractivity contribution < 1.29 is 5.11 Å². The predicted octanol–water partition coefficient (Wildman–Crippen LogP) is 0.860. The van der Waals surface area contributed by atoms with Crippen molar-refractivity contribution in [2.75, 3.05) is 13.2 Å². The highest BCUT2D eigenvalue weighted by Crippen LogP contribution is 2.04. The van der Waals surface area contributed by atoms with Gasteiger partial charge in [0.1, 0.15) is 0 Å². The molecule has 0 aliphatic carbocycles. The molecule has 4 nitrogen and oxygen atoms in total. The van der Waals surface area contributed by atoms with Gasteiger partial charge in [0.2, 0.25) is 0 Å². The summed E-state index contributed by atoms with van der Waals surface area (Å²) in [4.78, 5) is 0. The Bertz CT molecular complexity index is 296. The maximum absolute atomic E-state index is 9.12. The Morgan fingerprint density at radius 2 is 2.27 bits per heavy atom. The number of likely N-dealkylation sites (N-methyl/N-ethyl adjacent to an activating group) is 1. The first-order chi connectivity index (χ1) is 7.17.